The fourth-order valence-electron chi connectivity index (χ4n) is 3.30. The zero-order chi connectivity index (χ0) is 18.7. The fraction of sp³-hybridized carbons (Fsp3) is 0.588. The molecule has 2 aliphatic heterocycles. The molecule has 0 saturated carbocycles. The molecule has 2 fully saturated rings. The predicted octanol–water partition coefficient (Wildman–Crippen LogP) is 0.630. The summed E-state index contributed by atoms with van der Waals surface area (Å²) in [5.41, 5.74) is 0. The Hall–Kier alpha value is -1.19. The van der Waals surface area contributed by atoms with E-state index in [0.29, 0.717) is 37.5 Å². The second kappa shape index (κ2) is 8.22. The number of aliphatic hydroxyl groups excluding tert-OH is 1. The SMILES string of the molecule is O=C(CN1CCC(O)CC1)N1CCN(S(=O)(=O)c2ccc(Cl)cc2)CC1. The zero-order valence-corrected chi connectivity index (χ0v) is 16.1. The molecule has 1 amide bonds. The van der Waals surface area contributed by atoms with Gasteiger partial charge >= 0.3 is 0 Å². The average Bonchev–Trinajstić information content (AvgIpc) is 2.64. The number of likely N-dealkylation sites (tertiary alicyclic amines) is 1. The van der Waals surface area contributed by atoms with Crippen LogP contribution in [0.25, 0.3) is 0 Å². The summed E-state index contributed by atoms with van der Waals surface area (Å²) in [6.45, 7) is 3.13. The average molecular weight is 402 g/mol. The molecule has 2 heterocycles. The number of aliphatic hydroxyl groups is 1. The maximum Gasteiger partial charge on any atom is 0.243 e. The van der Waals surface area contributed by atoms with Gasteiger partial charge in [0.25, 0.3) is 0 Å². The summed E-state index contributed by atoms with van der Waals surface area (Å²) in [6, 6.07) is 6.12. The summed E-state index contributed by atoms with van der Waals surface area (Å²) in [7, 11) is -3.56. The van der Waals surface area contributed by atoms with Gasteiger partial charge in [-0.3, -0.25) is 9.69 Å². The molecule has 2 saturated heterocycles. The third kappa shape index (κ3) is 4.55. The predicted molar refractivity (Wildman–Crippen MR) is 98.5 cm³/mol. The lowest BCUT2D eigenvalue weighted by molar-refractivity contribution is -0.134. The Labute approximate surface area is 159 Å². The van der Waals surface area contributed by atoms with Crippen molar-refractivity contribution in [3.8, 4) is 0 Å². The summed E-state index contributed by atoms with van der Waals surface area (Å²) in [6.07, 6.45) is 1.13. The Balaban J connectivity index is 1.53. The van der Waals surface area contributed by atoms with Crippen molar-refractivity contribution >= 4 is 27.5 Å². The number of rotatable bonds is 4. The normalized spacial score (nSPS) is 21.1. The van der Waals surface area contributed by atoms with Crippen molar-refractivity contribution in [2.45, 2.75) is 23.8 Å². The minimum atomic E-state index is -3.56. The van der Waals surface area contributed by atoms with Crippen molar-refractivity contribution < 1.29 is 18.3 Å². The molecule has 3 rings (SSSR count). The van der Waals surface area contributed by atoms with Gasteiger partial charge < -0.3 is 10.0 Å². The Morgan fingerprint density at radius 2 is 1.62 bits per heavy atom. The van der Waals surface area contributed by atoms with E-state index >= 15 is 0 Å². The van der Waals surface area contributed by atoms with Crippen LogP contribution in [-0.4, -0.2) is 85.5 Å². The second-order valence-electron chi connectivity index (χ2n) is 6.75. The number of sulfonamides is 1. The molecule has 0 unspecified atom stereocenters. The molecule has 0 radical (unpaired) electrons. The standard InChI is InChI=1S/C17H24ClN3O4S/c18-14-1-3-16(4-2-14)26(24,25)21-11-9-20(10-12-21)17(23)13-19-7-5-15(22)6-8-19/h1-4,15,22H,5-13H2. The van der Waals surface area contributed by atoms with Crippen LogP contribution >= 0.6 is 11.6 Å². The van der Waals surface area contributed by atoms with Gasteiger partial charge in [-0.05, 0) is 37.1 Å². The van der Waals surface area contributed by atoms with Gasteiger partial charge in [0, 0.05) is 44.3 Å². The van der Waals surface area contributed by atoms with Crippen molar-refractivity contribution in [3.63, 3.8) is 0 Å². The van der Waals surface area contributed by atoms with Crippen LogP contribution < -0.4 is 0 Å². The molecule has 1 aromatic carbocycles. The zero-order valence-electron chi connectivity index (χ0n) is 14.6. The number of hydrogen-bond donors (Lipinski definition) is 1. The van der Waals surface area contributed by atoms with Crippen LogP contribution in [0.2, 0.25) is 5.02 Å². The molecule has 7 nitrogen and oxygen atoms in total. The minimum absolute atomic E-state index is 0.0185. The fourth-order valence-corrected chi connectivity index (χ4v) is 4.85. The molecule has 2 aliphatic rings. The van der Waals surface area contributed by atoms with Gasteiger partial charge in [-0.2, -0.15) is 4.31 Å². The van der Waals surface area contributed by atoms with Crippen molar-refractivity contribution in [1.29, 1.82) is 0 Å². The van der Waals surface area contributed by atoms with Gasteiger partial charge in [0.15, 0.2) is 0 Å². The Morgan fingerprint density at radius 3 is 2.19 bits per heavy atom. The monoisotopic (exact) mass is 401 g/mol. The van der Waals surface area contributed by atoms with Gasteiger partial charge in [0.05, 0.1) is 17.5 Å². The molecule has 144 valence electrons. The van der Waals surface area contributed by atoms with E-state index in [4.69, 9.17) is 11.6 Å². The smallest absolute Gasteiger partial charge is 0.243 e. The Bertz CT molecular complexity index is 725. The van der Waals surface area contributed by atoms with E-state index in [9.17, 15) is 18.3 Å². The largest absolute Gasteiger partial charge is 0.393 e. The summed E-state index contributed by atoms with van der Waals surface area (Å²) < 4.78 is 26.8. The topological polar surface area (TPSA) is 81.2 Å². The number of piperazine rings is 1. The van der Waals surface area contributed by atoms with Gasteiger partial charge in [-0.1, -0.05) is 11.6 Å². The highest BCUT2D eigenvalue weighted by Gasteiger charge is 2.30. The van der Waals surface area contributed by atoms with Crippen LogP contribution in [0, 0.1) is 0 Å². The molecule has 0 aliphatic carbocycles. The highest BCUT2D eigenvalue weighted by molar-refractivity contribution is 7.89. The number of nitrogens with zero attached hydrogens (tertiary/aromatic N) is 3. The van der Waals surface area contributed by atoms with E-state index < -0.39 is 10.0 Å². The highest BCUT2D eigenvalue weighted by Crippen LogP contribution is 2.20. The highest BCUT2D eigenvalue weighted by atomic mass is 35.5. The van der Waals surface area contributed by atoms with Gasteiger partial charge in [0.2, 0.25) is 15.9 Å². The molecular weight excluding hydrogens is 378 g/mol. The van der Waals surface area contributed by atoms with E-state index in [1.54, 1.807) is 17.0 Å². The first-order valence-corrected chi connectivity index (χ1v) is 10.6. The van der Waals surface area contributed by atoms with E-state index in [1.165, 1.54) is 16.4 Å². The molecular formula is C17H24ClN3O4S. The lowest BCUT2D eigenvalue weighted by Crippen LogP contribution is -2.53. The van der Waals surface area contributed by atoms with Crippen LogP contribution in [0.5, 0.6) is 0 Å². The Morgan fingerprint density at radius 1 is 1.04 bits per heavy atom. The third-order valence-electron chi connectivity index (χ3n) is 4.96. The van der Waals surface area contributed by atoms with Gasteiger partial charge in [0.1, 0.15) is 0 Å². The Kier molecular flexibility index (Phi) is 6.19. The van der Waals surface area contributed by atoms with Crippen molar-refractivity contribution in [3.05, 3.63) is 29.3 Å². The number of carbonyl (C=O) groups excluding carboxylic acids is 1. The molecule has 1 N–H and O–H groups in total. The summed E-state index contributed by atoms with van der Waals surface area (Å²) >= 11 is 5.82. The van der Waals surface area contributed by atoms with E-state index in [0.717, 1.165) is 13.1 Å². The number of piperidine rings is 1. The van der Waals surface area contributed by atoms with Crippen LogP contribution in [0.15, 0.2) is 29.2 Å². The van der Waals surface area contributed by atoms with Gasteiger partial charge in [-0.15, -0.1) is 0 Å². The quantitative estimate of drug-likeness (QED) is 0.800. The minimum Gasteiger partial charge on any atom is -0.393 e. The van der Waals surface area contributed by atoms with Crippen LogP contribution in [0.4, 0.5) is 0 Å². The molecule has 0 atom stereocenters. The number of halogens is 1. The van der Waals surface area contributed by atoms with Crippen LogP contribution in [-0.2, 0) is 14.8 Å². The van der Waals surface area contributed by atoms with Crippen molar-refractivity contribution in [2.24, 2.45) is 0 Å². The first kappa shape index (κ1) is 19.6. The lowest BCUT2D eigenvalue weighted by Gasteiger charge is -2.36. The maximum absolute atomic E-state index is 12.7. The first-order chi connectivity index (χ1) is 12.4. The molecule has 9 heteroatoms. The van der Waals surface area contributed by atoms with Gasteiger partial charge in [-0.25, -0.2) is 8.42 Å². The lowest BCUT2D eigenvalue weighted by atomic mass is 10.1. The van der Waals surface area contributed by atoms with Crippen LogP contribution in [0.1, 0.15) is 12.8 Å². The summed E-state index contributed by atoms with van der Waals surface area (Å²) in [5.74, 6) is 0.0185. The summed E-state index contributed by atoms with van der Waals surface area (Å²) in [4.78, 5) is 16.4. The van der Waals surface area contributed by atoms with E-state index in [2.05, 4.69) is 0 Å². The molecule has 0 aromatic heterocycles. The first-order valence-electron chi connectivity index (χ1n) is 8.80. The van der Waals surface area contributed by atoms with E-state index in [-0.39, 0.29) is 30.0 Å². The molecule has 0 bridgehead atoms. The molecule has 26 heavy (non-hydrogen) atoms. The number of carbonyl (C=O) groups is 1. The third-order valence-corrected chi connectivity index (χ3v) is 7.12. The van der Waals surface area contributed by atoms with Crippen LogP contribution in [0.3, 0.4) is 0 Å². The number of hydrogen-bond acceptors (Lipinski definition) is 5. The maximum atomic E-state index is 12.7. The van der Waals surface area contributed by atoms with E-state index in [1.807, 2.05) is 4.90 Å². The second-order valence-corrected chi connectivity index (χ2v) is 9.12. The van der Waals surface area contributed by atoms with Crippen molar-refractivity contribution in [2.75, 3.05) is 45.8 Å². The summed E-state index contributed by atoms with van der Waals surface area (Å²) in [5, 5.41) is 10.0. The molecule has 0 spiro atoms. The number of benzene rings is 1. The number of amides is 1. The van der Waals surface area contributed by atoms with Crippen molar-refractivity contribution in [1.82, 2.24) is 14.1 Å². The molecule has 1 aromatic rings.